The number of hydrogen-bond acceptors (Lipinski definition) is 7. The Balaban J connectivity index is 2.03. The number of nitriles is 1. The zero-order valence-electron chi connectivity index (χ0n) is 10.1. The van der Waals surface area contributed by atoms with E-state index in [1.807, 2.05) is 6.07 Å². The van der Waals surface area contributed by atoms with Gasteiger partial charge < -0.3 is 15.4 Å². The summed E-state index contributed by atoms with van der Waals surface area (Å²) >= 11 is 0. The Morgan fingerprint density at radius 1 is 1.74 bits per heavy atom. The van der Waals surface area contributed by atoms with E-state index in [4.69, 9.17) is 10.00 Å². The van der Waals surface area contributed by atoms with Crippen molar-refractivity contribution < 1.29 is 9.66 Å². The Hall–Kier alpha value is -2.24. The van der Waals surface area contributed by atoms with E-state index in [0.717, 1.165) is 12.7 Å². The Morgan fingerprint density at radius 3 is 3.21 bits per heavy atom. The number of ether oxygens (including phenoxy) is 1. The van der Waals surface area contributed by atoms with Gasteiger partial charge in [-0.25, -0.2) is 4.98 Å². The average molecular weight is 263 g/mol. The number of anilines is 1. The first-order chi connectivity index (χ1) is 9.20. The molecule has 1 aromatic rings. The van der Waals surface area contributed by atoms with Crippen molar-refractivity contribution in [2.45, 2.75) is 6.04 Å². The SMILES string of the molecule is N#Cc1cc([N+](=O)[O-])cnc1NCC1COCCN1. The number of rotatable bonds is 4. The minimum Gasteiger partial charge on any atom is -0.378 e. The highest BCUT2D eigenvalue weighted by atomic mass is 16.6. The van der Waals surface area contributed by atoms with Crippen LogP contribution in [-0.2, 0) is 4.74 Å². The Kier molecular flexibility index (Phi) is 4.22. The van der Waals surface area contributed by atoms with Crippen LogP contribution in [0.25, 0.3) is 0 Å². The summed E-state index contributed by atoms with van der Waals surface area (Å²) in [6, 6.07) is 3.24. The van der Waals surface area contributed by atoms with Crippen LogP contribution >= 0.6 is 0 Å². The molecule has 1 aliphatic heterocycles. The normalized spacial score (nSPS) is 18.6. The highest BCUT2D eigenvalue weighted by molar-refractivity contribution is 5.55. The molecule has 1 unspecified atom stereocenters. The van der Waals surface area contributed by atoms with E-state index < -0.39 is 4.92 Å². The molecule has 0 aliphatic carbocycles. The lowest BCUT2D eigenvalue weighted by Crippen LogP contribution is -2.45. The smallest absolute Gasteiger partial charge is 0.289 e. The topological polar surface area (TPSA) is 113 Å². The van der Waals surface area contributed by atoms with Crippen LogP contribution in [0.1, 0.15) is 5.56 Å². The van der Waals surface area contributed by atoms with Crippen molar-refractivity contribution in [3.63, 3.8) is 0 Å². The molecule has 2 rings (SSSR count). The molecule has 0 radical (unpaired) electrons. The van der Waals surface area contributed by atoms with Crippen LogP contribution in [0.15, 0.2) is 12.3 Å². The van der Waals surface area contributed by atoms with Crippen LogP contribution in [0, 0.1) is 21.4 Å². The predicted molar refractivity (Wildman–Crippen MR) is 66.7 cm³/mol. The van der Waals surface area contributed by atoms with Crippen LogP contribution in [0.4, 0.5) is 11.5 Å². The molecule has 1 atom stereocenters. The van der Waals surface area contributed by atoms with E-state index in [9.17, 15) is 10.1 Å². The van der Waals surface area contributed by atoms with Gasteiger partial charge in [-0.1, -0.05) is 0 Å². The lowest BCUT2D eigenvalue weighted by Gasteiger charge is -2.24. The second-order valence-corrected chi connectivity index (χ2v) is 4.07. The standard InChI is InChI=1S/C11H13N5O3/c12-4-8-3-10(16(17)18)6-15-11(8)14-5-9-7-19-2-1-13-9/h3,6,9,13H,1-2,5,7H2,(H,14,15). The number of nitrogens with zero attached hydrogens (tertiary/aromatic N) is 3. The van der Waals surface area contributed by atoms with Gasteiger partial charge in [0.05, 0.1) is 18.1 Å². The molecule has 1 fully saturated rings. The summed E-state index contributed by atoms with van der Waals surface area (Å²) in [6.07, 6.45) is 1.13. The maximum Gasteiger partial charge on any atom is 0.289 e. The van der Waals surface area contributed by atoms with Gasteiger partial charge in [-0.2, -0.15) is 5.26 Å². The van der Waals surface area contributed by atoms with Crippen LogP contribution in [-0.4, -0.2) is 42.3 Å². The van der Waals surface area contributed by atoms with E-state index in [0.29, 0.717) is 25.6 Å². The van der Waals surface area contributed by atoms with E-state index in [1.54, 1.807) is 0 Å². The number of aromatic nitrogens is 1. The molecule has 8 heteroatoms. The molecule has 0 spiro atoms. The second-order valence-electron chi connectivity index (χ2n) is 4.07. The second kappa shape index (κ2) is 6.08. The molecular weight excluding hydrogens is 250 g/mol. The molecule has 0 saturated carbocycles. The minimum atomic E-state index is -0.575. The number of pyridine rings is 1. The fourth-order valence-corrected chi connectivity index (χ4v) is 1.75. The van der Waals surface area contributed by atoms with Crippen molar-refractivity contribution in [1.29, 1.82) is 5.26 Å². The zero-order valence-corrected chi connectivity index (χ0v) is 10.1. The van der Waals surface area contributed by atoms with E-state index in [-0.39, 0.29) is 17.3 Å². The van der Waals surface area contributed by atoms with Crippen molar-refractivity contribution in [3.8, 4) is 6.07 Å². The monoisotopic (exact) mass is 263 g/mol. The molecule has 1 saturated heterocycles. The predicted octanol–water partition coefficient (Wildman–Crippen LogP) is 0.262. The third-order valence-corrected chi connectivity index (χ3v) is 2.72. The van der Waals surface area contributed by atoms with E-state index in [1.165, 1.54) is 6.07 Å². The molecule has 1 aliphatic rings. The van der Waals surface area contributed by atoms with Crippen molar-refractivity contribution in [3.05, 3.63) is 27.9 Å². The zero-order chi connectivity index (χ0) is 13.7. The first kappa shape index (κ1) is 13.2. The number of morpholine rings is 1. The summed E-state index contributed by atoms with van der Waals surface area (Å²) in [5, 5.41) is 25.8. The highest BCUT2D eigenvalue weighted by Crippen LogP contribution is 2.18. The minimum absolute atomic E-state index is 0.136. The summed E-state index contributed by atoms with van der Waals surface area (Å²) in [7, 11) is 0. The summed E-state index contributed by atoms with van der Waals surface area (Å²) < 4.78 is 5.30. The van der Waals surface area contributed by atoms with Crippen LogP contribution < -0.4 is 10.6 Å². The maximum atomic E-state index is 10.6. The Morgan fingerprint density at radius 2 is 2.58 bits per heavy atom. The van der Waals surface area contributed by atoms with Crippen LogP contribution in [0.3, 0.4) is 0 Å². The summed E-state index contributed by atoms with van der Waals surface area (Å²) in [5.74, 6) is 0.348. The Bertz CT molecular complexity index is 508. The summed E-state index contributed by atoms with van der Waals surface area (Å²) in [4.78, 5) is 13.9. The highest BCUT2D eigenvalue weighted by Gasteiger charge is 2.15. The number of nitrogens with one attached hydrogen (secondary N) is 2. The molecular formula is C11H13N5O3. The molecule has 2 N–H and O–H groups in total. The molecule has 0 aromatic carbocycles. The maximum absolute atomic E-state index is 10.6. The molecule has 100 valence electrons. The van der Waals surface area contributed by atoms with Gasteiger partial charge in [0.25, 0.3) is 5.69 Å². The average Bonchev–Trinajstić information content (AvgIpc) is 2.45. The fourth-order valence-electron chi connectivity index (χ4n) is 1.75. The summed E-state index contributed by atoms with van der Waals surface area (Å²) in [6.45, 7) is 2.60. The van der Waals surface area contributed by atoms with Crippen LogP contribution in [0.2, 0.25) is 0 Å². The molecule has 2 heterocycles. The van der Waals surface area contributed by atoms with Crippen molar-refractivity contribution in [1.82, 2.24) is 10.3 Å². The van der Waals surface area contributed by atoms with Gasteiger partial charge in [-0.15, -0.1) is 0 Å². The molecule has 1 aromatic heterocycles. The van der Waals surface area contributed by atoms with Gasteiger partial charge in [0.2, 0.25) is 0 Å². The number of hydrogen-bond donors (Lipinski definition) is 2. The fraction of sp³-hybridized carbons (Fsp3) is 0.455. The van der Waals surface area contributed by atoms with Crippen LogP contribution in [0.5, 0.6) is 0 Å². The van der Waals surface area contributed by atoms with E-state index in [2.05, 4.69) is 15.6 Å². The van der Waals surface area contributed by atoms with Gasteiger partial charge >= 0.3 is 0 Å². The summed E-state index contributed by atoms with van der Waals surface area (Å²) in [5.41, 5.74) is -0.0350. The largest absolute Gasteiger partial charge is 0.378 e. The lowest BCUT2D eigenvalue weighted by atomic mass is 10.2. The van der Waals surface area contributed by atoms with Gasteiger partial charge in [0.15, 0.2) is 0 Å². The molecule has 0 amide bonds. The van der Waals surface area contributed by atoms with E-state index >= 15 is 0 Å². The van der Waals surface area contributed by atoms with Crippen molar-refractivity contribution >= 4 is 11.5 Å². The lowest BCUT2D eigenvalue weighted by molar-refractivity contribution is -0.385. The molecule has 0 bridgehead atoms. The third kappa shape index (κ3) is 3.37. The molecule has 8 nitrogen and oxygen atoms in total. The van der Waals surface area contributed by atoms with Crippen molar-refractivity contribution in [2.75, 3.05) is 31.6 Å². The van der Waals surface area contributed by atoms with Crippen molar-refractivity contribution in [2.24, 2.45) is 0 Å². The van der Waals surface area contributed by atoms with Gasteiger partial charge in [0, 0.05) is 25.2 Å². The number of nitro groups is 1. The first-order valence-corrected chi connectivity index (χ1v) is 5.80. The third-order valence-electron chi connectivity index (χ3n) is 2.72. The first-order valence-electron chi connectivity index (χ1n) is 5.80. The van der Waals surface area contributed by atoms with Gasteiger partial charge in [-0.3, -0.25) is 10.1 Å². The van der Waals surface area contributed by atoms with Gasteiger partial charge in [-0.05, 0) is 0 Å². The molecule has 19 heavy (non-hydrogen) atoms. The Labute approximate surface area is 109 Å². The van der Waals surface area contributed by atoms with Gasteiger partial charge in [0.1, 0.15) is 23.6 Å². The quantitative estimate of drug-likeness (QED) is 0.591.